The number of rotatable bonds is 6. The van der Waals surface area contributed by atoms with Crippen molar-refractivity contribution < 1.29 is 39.2 Å². The molecule has 2 saturated carbocycles. The van der Waals surface area contributed by atoms with Gasteiger partial charge in [-0.15, -0.1) is 0 Å². The summed E-state index contributed by atoms with van der Waals surface area (Å²) in [6, 6.07) is 0. The van der Waals surface area contributed by atoms with Gasteiger partial charge in [0.15, 0.2) is 11.4 Å². The van der Waals surface area contributed by atoms with E-state index in [1.165, 1.54) is 0 Å². The second-order valence-corrected chi connectivity index (χ2v) is 12.5. The fraction of sp³-hybridized carbons (Fsp3) is 0.700. The lowest BCUT2D eigenvalue weighted by Crippen LogP contribution is -2.66. The van der Waals surface area contributed by atoms with E-state index in [0.717, 1.165) is 0 Å². The number of hydrogen-bond acceptors (Lipinski definition) is 8. The van der Waals surface area contributed by atoms with Gasteiger partial charge in [0, 0.05) is 41.1 Å². The molecule has 0 amide bonds. The van der Waals surface area contributed by atoms with E-state index in [2.05, 4.69) is 0 Å². The van der Waals surface area contributed by atoms with Crippen LogP contribution in [0.25, 0.3) is 0 Å². The highest BCUT2D eigenvalue weighted by Gasteiger charge is 2.88. The fourth-order valence-electron chi connectivity index (χ4n) is 7.58. The number of fused-ring (bicyclic) bond motifs is 5. The maximum atomic E-state index is 13.2. The third-order valence-electron chi connectivity index (χ3n) is 10.2. The summed E-state index contributed by atoms with van der Waals surface area (Å²) < 4.78 is 12.4. The van der Waals surface area contributed by atoms with Crippen molar-refractivity contribution >= 4 is 17.7 Å². The number of Topliss-reactive ketones (excluding diaryl/α,β-unsaturated/α-hetero) is 1. The van der Waals surface area contributed by atoms with Crippen molar-refractivity contribution in [1.29, 1.82) is 0 Å². The Kier molecular flexibility index (Phi) is 6.90. The average Bonchev–Trinajstić information content (AvgIpc) is 3.30. The molecule has 4 rings (SSSR count). The average molecular weight is 531 g/mol. The zero-order valence-electron chi connectivity index (χ0n) is 23.7. The Hall–Kier alpha value is -2.29. The van der Waals surface area contributed by atoms with Crippen LogP contribution in [0.1, 0.15) is 68.2 Å². The third kappa shape index (κ3) is 3.56. The maximum absolute atomic E-state index is 13.2. The van der Waals surface area contributed by atoms with Crippen LogP contribution < -0.4 is 0 Å². The molecule has 4 aliphatic rings. The van der Waals surface area contributed by atoms with Crippen LogP contribution in [-0.2, 0) is 23.9 Å². The Bertz CT molecular complexity index is 1150. The van der Waals surface area contributed by atoms with Crippen LogP contribution in [0.5, 0.6) is 0 Å². The van der Waals surface area contributed by atoms with Crippen molar-refractivity contribution in [2.24, 2.45) is 35.0 Å². The molecular formula is C30H42O8. The van der Waals surface area contributed by atoms with Crippen LogP contribution in [0.15, 0.2) is 34.9 Å². The van der Waals surface area contributed by atoms with Crippen molar-refractivity contribution in [2.45, 2.75) is 91.1 Å². The molecule has 2 fully saturated rings. The molecule has 38 heavy (non-hydrogen) atoms. The summed E-state index contributed by atoms with van der Waals surface area (Å²) in [5, 5.41) is 34.7. The van der Waals surface area contributed by atoms with E-state index in [0.29, 0.717) is 23.1 Å². The highest BCUT2D eigenvalue weighted by atomic mass is 16.6. The van der Waals surface area contributed by atoms with E-state index in [1.54, 1.807) is 52.8 Å². The summed E-state index contributed by atoms with van der Waals surface area (Å²) in [7, 11) is 0. The number of carbonyl (C=O) groups is 3. The monoisotopic (exact) mass is 530 g/mol. The van der Waals surface area contributed by atoms with Gasteiger partial charge in [-0.2, -0.15) is 0 Å². The number of hydrogen-bond donors (Lipinski definition) is 3. The molecule has 0 spiro atoms. The van der Waals surface area contributed by atoms with E-state index in [4.69, 9.17) is 9.47 Å². The van der Waals surface area contributed by atoms with E-state index < -0.39 is 82.2 Å². The zero-order valence-corrected chi connectivity index (χ0v) is 23.7. The molecule has 0 bridgehead atoms. The first kappa shape index (κ1) is 28.7. The van der Waals surface area contributed by atoms with Gasteiger partial charge in [-0.25, -0.2) is 4.79 Å². The highest BCUT2D eigenvalue weighted by molar-refractivity contribution is 6.04. The summed E-state index contributed by atoms with van der Waals surface area (Å²) in [4.78, 5) is 39.6. The number of ketones is 1. The lowest BCUT2D eigenvalue weighted by Gasteiger charge is -2.53. The number of allylic oxidation sites excluding steroid dienone is 1. The molecule has 8 nitrogen and oxygen atoms in total. The summed E-state index contributed by atoms with van der Waals surface area (Å²) >= 11 is 0. The molecule has 0 aliphatic heterocycles. The fourth-order valence-corrected chi connectivity index (χ4v) is 7.58. The second kappa shape index (κ2) is 9.14. The number of aliphatic hydroxyl groups is 3. The molecule has 0 radical (unpaired) electrons. The molecule has 0 heterocycles. The second-order valence-electron chi connectivity index (χ2n) is 12.5. The Morgan fingerprint density at radius 1 is 1.24 bits per heavy atom. The largest absolute Gasteiger partial charge is 0.457 e. The van der Waals surface area contributed by atoms with Crippen LogP contribution in [0.2, 0.25) is 0 Å². The Morgan fingerprint density at radius 2 is 1.87 bits per heavy atom. The van der Waals surface area contributed by atoms with Gasteiger partial charge in [0.2, 0.25) is 0 Å². The van der Waals surface area contributed by atoms with Crippen LogP contribution in [0.3, 0.4) is 0 Å². The van der Waals surface area contributed by atoms with Crippen molar-refractivity contribution in [1.82, 2.24) is 0 Å². The smallest absolute Gasteiger partial charge is 0.334 e. The van der Waals surface area contributed by atoms with E-state index >= 15 is 0 Å². The zero-order chi connectivity index (χ0) is 28.6. The molecular weight excluding hydrogens is 488 g/mol. The minimum absolute atomic E-state index is 0.124. The number of carbonyl (C=O) groups excluding carboxylic acids is 3. The molecule has 1 unspecified atom stereocenters. The minimum Gasteiger partial charge on any atom is -0.457 e. The van der Waals surface area contributed by atoms with Crippen LogP contribution in [0, 0.1) is 35.0 Å². The van der Waals surface area contributed by atoms with Gasteiger partial charge in [0.05, 0.1) is 18.1 Å². The summed E-state index contributed by atoms with van der Waals surface area (Å²) in [6.45, 7) is 13.8. The Morgan fingerprint density at radius 3 is 2.42 bits per heavy atom. The molecule has 8 heteroatoms. The normalized spacial score (nSPS) is 42.0. The molecule has 210 valence electrons. The number of aliphatic hydroxyl groups excluding tert-OH is 1. The van der Waals surface area contributed by atoms with Crippen molar-refractivity contribution in [2.75, 3.05) is 6.61 Å². The third-order valence-corrected chi connectivity index (χ3v) is 10.2. The predicted molar refractivity (Wildman–Crippen MR) is 139 cm³/mol. The summed E-state index contributed by atoms with van der Waals surface area (Å²) in [6.07, 6.45) is 4.41. The van der Waals surface area contributed by atoms with E-state index in [9.17, 15) is 29.7 Å². The molecule has 9 atom stereocenters. The first-order valence-corrected chi connectivity index (χ1v) is 13.6. The van der Waals surface area contributed by atoms with Gasteiger partial charge in [-0.05, 0) is 38.3 Å². The van der Waals surface area contributed by atoms with Crippen molar-refractivity contribution in [3.63, 3.8) is 0 Å². The van der Waals surface area contributed by atoms with Gasteiger partial charge >= 0.3 is 11.9 Å². The highest BCUT2D eigenvalue weighted by Crippen LogP contribution is 2.77. The molecule has 0 aromatic heterocycles. The summed E-state index contributed by atoms with van der Waals surface area (Å²) in [5.74, 6) is -4.94. The van der Waals surface area contributed by atoms with Crippen LogP contribution in [-0.4, -0.2) is 62.6 Å². The summed E-state index contributed by atoms with van der Waals surface area (Å²) in [5.41, 5.74) is -4.49. The van der Waals surface area contributed by atoms with Crippen LogP contribution >= 0.6 is 0 Å². The first-order chi connectivity index (χ1) is 17.6. The van der Waals surface area contributed by atoms with Gasteiger partial charge in [0.1, 0.15) is 11.7 Å². The SMILES string of the molecule is C/C=C(\C)C(=O)O[C@@]12[C@H](OC(=O)C(C)CC)[C@@H](C)[C@]3(O)[C@H]4C=C(C)C(=O)[C@@]4(O)CC(CO)=C[C@H]3[C@@H]1C2(C)C. The first-order valence-electron chi connectivity index (χ1n) is 13.6. The topological polar surface area (TPSA) is 130 Å². The quantitative estimate of drug-likeness (QED) is 0.271. The van der Waals surface area contributed by atoms with Gasteiger partial charge in [-0.3, -0.25) is 9.59 Å². The Labute approximate surface area is 224 Å². The van der Waals surface area contributed by atoms with E-state index in [1.807, 2.05) is 20.8 Å². The number of ether oxygens (including phenoxy) is 2. The van der Waals surface area contributed by atoms with Crippen molar-refractivity contribution in [3.05, 3.63) is 34.9 Å². The molecule has 4 aliphatic carbocycles. The molecule has 0 saturated heterocycles. The number of esters is 2. The van der Waals surface area contributed by atoms with Gasteiger partial charge in [0.25, 0.3) is 0 Å². The maximum Gasteiger partial charge on any atom is 0.334 e. The molecule has 0 aromatic carbocycles. The van der Waals surface area contributed by atoms with Crippen LogP contribution in [0.4, 0.5) is 0 Å². The lowest BCUT2D eigenvalue weighted by molar-refractivity contribution is -0.229. The van der Waals surface area contributed by atoms with Gasteiger partial charge in [-0.1, -0.05) is 52.8 Å². The molecule has 0 aromatic rings. The molecule has 3 N–H and O–H groups in total. The van der Waals surface area contributed by atoms with E-state index in [-0.39, 0.29) is 6.42 Å². The predicted octanol–water partition coefficient (Wildman–Crippen LogP) is 3.04. The minimum atomic E-state index is -1.95. The van der Waals surface area contributed by atoms with Crippen molar-refractivity contribution in [3.8, 4) is 0 Å². The Balaban J connectivity index is 1.95. The lowest BCUT2D eigenvalue weighted by atomic mass is 9.59. The standard InChI is InChI=1S/C30H42O8/c1-9-15(3)25(33)37-24-18(6)29(36)20(22-27(7,8)30(22,24)38-26(34)16(4)10-2)12-19(14-31)13-28(35)21(29)11-17(5)23(28)32/h10-12,15,18,20-22,24,31,35-36H,9,13-14H2,1-8H3/b16-10+/t15?,18-,20+,21+,22-,24-,28-,29-,30-/m1/s1. The van der Waals surface area contributed by atoms with Gasteiger partial charge < -0.3 is 24.8 Å².